The summed E-state index contributed by atoms with van der Waals surface area (Å²) in [6, 6.07) is 26.3. The molecule has 1 heterocycles. The molecule has 0 radical (unpaired) electrons. The normalized spacial score (nSPS) is 11.6. The van der Waals surface area contributed by atoms with Gasteiger partial charge in [-0.25, -0.2) is 4.98 Å². The molecule has 262 valence electrons. The van der Waals surface area contributed by atoms with Crippen molar-refractivity contribution in [3.8, 4) is 34.3 Å². The fraction of sp³-hybridized carbons (Fsp3) is 0.158. The van der Waals surface area contributed by atoms with Gasteiger partial charge in [-0.1, -0.05) is 18.2 Å². The van der Waals surface area contributed by atoms with Crippen molar-refractivity contribution in [2.45, 2.75) is 17.1 Å². The molecule has 0 saturated carbocycles. The lowest BCUT2D eigenvalue weighted by atomic mass is 10.1. The van der Waals surface area contributed by atoms with Gasteiger partial charge in [-0.3, -0.25) is 14.4 Å². The van der Waals surface area contributed by atoms with Gasteiger partial charge in [-0.2, -0.15) is 0 Å². The largest absolute Gasteiger partial charge is 0.497 e. The van der Waals surface area contributed by atoms with E-state index in [4.69, 9.17) is 18.9 Å². The molecule has 0 aliphatic heterocycles. The fourth-order valence-electron chi connectivity index (χ4n) is 4.77. The van der Waals surface area contributed by atoms with Crippen molar-refractivity contribution in [1.29, 1.82) is 0 Å². The minimum absolute atomic E-state index is 0.00698. The highest BCUT2D eigenvalue weighted by Gasteiger charge is 2.19. The van der Waals surface area contributed by atoms with Gasteiger partial charge in [0.25, 0.3) is 11.8 Å². The van der Waals surface area contributed by atoms with Crippen LogP contribution in [0.5, 0.6) is 23.0 Å². The molecule has 0 bridgehead atoms. The first-order chi connectivity index (χ1) is 24.7. The fourth-order valence-corrected chi connectivity index (χ4v) is 6.36. The smallest absolute Gasteiger partial charge is 0.272 e. The van der Waals surface area contributed by atoms with E-state index < -0.39 is 17.1 Å². The zero-order valence-electron chi connectivity index (χ0n) is 28.5. The molecule has 1 atom stereocenters. The second-order valence-corrected chi connectivity index (χ2v) is 13.1. The second kappa shape index (κ2) is 17.2. The molecule has 4 aromatic carbocycles. The van der Waals surface area contributed by atoms with Crippen LogP contribution >= 0.6 is 23.1 Å². The van der Waals surface area contributed by atoms with Crippen LogP contribution in [-0.4, -0.2) is 56.4 Å². The van der Waals surface area contributed by atoms with Gasteiger partial charge in [-0.05, 0) is 79.7 Å². The number of methoxy groups -OCH3 is 4. The lowest BCUT2D eigenvalue weighted by molar-refractivity contribution is -0.115. The first-order valence-corrected chi connectivity index (χ1v) is 17.3. The van der Waals surface area contributed by atoms with Crippen molar-refractivity contribution in [3.63, 3.8) is 0 Å². The Morgan fingerprint density at radius 2 is 1.51 bits per heavy atom. The SMILES string of the molecule is COc1ccc(/C=C(\NC(=O)c2ccccc2)C(=O)Nc2ccc(SC(C)C(=O)Nc3nc(-c4ccc(OC)c(OC)c4)cs3)cc2)c(OC)c1. The third-order valence-corrected chi connectivity index (χ3v) is 9.35. The molecule has 1 unspecified atom stereocenters. The Morgan fingerprint density at radius 1 is 0.784 bits per heavy atom. The number of amides is 3. The summed E-state index contributed by atoms with van der Waals surface area (Å²) >= 11 is 2.69. The van der Waals surface area contributed by atoms with Gasteiger partial charge < -0.3 is 34.9 Å². The molecule has 51 heavy (non-hydrogen) atoms. The van der Waals surface area contributed by atoms with Crippen molar-refractivity contribution in [2.24, 2.45) is 0 Å². The minimum atomic E-state index is -0.541. The van der Waals surface area contributed by atoms with E-state index in [0.717, 1.165) is 10.5 Å². The zero-order chi connectivity index (χ0) is 36.3. The lowest BCUT2D eigenvalue weighted by Crippen LogP contribution is -2.30. The number of ether oxygens (including phenoxy) is 4. The molecular weight excluding hydrogens is 689 g/mol. The highest BCUT2D eigenvalue weighted by molar-refractivity contribution is 8.00. The number of carbonyl (C=O) groups excluding carboxylic acids is 3. The predicted molar refractivity (Wildman–Crippen MR) is 201 cm³/mol. The first-order valence-electron chi connectivity index (χ1n) is 15.6. The van der Waals surface area contributed by atoms with E-state index in [0.29, 0.717) is 50.6 Å². The quantitative estimate of drug-likeness (QED) is 0.0792. The summed E-state index contributed by atoms with van der Waals surface area (Å²) in [5.74, 6) is 1.05. The average molecular weight is 725 g/mol. The number of benzene rings is 4. The van der Waals surface area contributed by atoms with E-state index >= 15 is 0 Å². The van der Waals surface area contributed by atoms with Crippen LogP contribution in [0.3, 0.4) is 0 Å². The Kier molecular flexibility index (Phi) is 12.3. The van der Waals surface area contributed by atoms with E-state index in [2.05, 4.69) is 20.9 Å². The third-order valence-electron chi connectivity index (χ3n) is 7.48. The zero-order valence-corrected chi connectivity index (χ0v) is 30.1. The molecule has 3 N–H and O–H groups in total. The molecule has 0 aliphatic rings. The molecule has 0 fully saturated rings. The average Bonchev–Trinajstić information content (AvgIpc) is 3.63. The third kappa shape index (κ3) is 9.47. The molecule has 0 aliphatic carbocycles. The number of thiazole rings is 1. The number of nitrogens with one attached hydrogen (secondary N) is 3. The number of carbonyl (C=O) groups is 3. The summed E-state index contributed by atoms with van der Waals surface area (Å²) in [4.78, 5) is 45.0. The number of nitrogens with zero attached hydrogens (tertiary/aromatic N) is 1. The van der Waals surface area contributed by atoms with Gasteiger partial charge in [0, 0.05) is 38.7 Å². The van der Waals surface area contributed by atoms with E-state index in [1.807, 2.05) is 17.5 Å². The molecule has 11 nitrogen and oxygen atoms in total. The van der Waals surface area contributed by atoms with Crippen LogP contribution in [0, 0.1) is 0 Å². The van der Waals surface area contributed by atoms with Gasteiger partial charge in [0.15, 0.2) is 16.6 Å². The Balaban J connectivity index is 1.24. The van der Waals surface area contributed by atoms with Crippen LogP contribution in [0.4, 0.5) is 10.8 Å². The first kappa shape index (κ1) is 36.5. The summed E-state index contributed by atoms with van der Waals surface area (Å²) < 4.78 is 21.5. The number of hydrogen-bond acceptors (Lipinski definition) is 10. The molecule has 5 aromatic rings. The number of hydrogen-bond donors (Lipinski definition) is 3. The standard InChI is InChI=1S/C38H36N4O7S2/c1-23(35(43)42-38-41-31(22-50-38)25-12-18-32(47-3)34(20-25)49-5)51-29-16-13-27(14-17-29)39-37(45)30(40-36(44)24-9-7-6-8-10-24)19-26-11-15-28(46-2)21-33(26)48-4/h6-23H,1-5H3,(H,39,45)(H,40,44)(H,41,42,43)/b30-19-. The second-order valence-electron chi connectivity index (χ2n) is 10.8. The van der Waals surface area contributed by atoms with Crippen LogP contribution in [-0.2, 0) is 9.59 Å². The molecule has 13 heteroatoms. The maximum Gasteiger partial charge on any atom is 0.272 e. The number of anilines is 2. The summed E-state index contributed by atoms with van der Waals surface area (Å²) in [7, 11) is 6.20. The Hall–Kier alpha value is -5.79. The van der Waals surface area contributed by atoms with Gasteiger partial charge in [0.1, 0.15) is 17.2 Å². The van der Waals surface area contributed by atoms with Crippen LogP contribution in [0.2, 0.25) is 0 Å². The summed E-state index contributed by atoms with van der Waals surface area (Å²) in [5, 5.41) is 10.4. The van der Waals surface area contributed by atoms with Gasteiger partial charge in [0.05, 0.1) is 39.4 Å². The molecular formula is C38H36N4O7S2. The van der Waals surface area contributed by atoms with E-state index in [-0.39, 0.29) is 11.6 Å². The summed E-state index contributed by atoms with van der Waals surface area (Å²) in [5.41, 5.74) is 2.99. The maximum atomic E-state index is 13.6. The van der Waals surface area contributed by atoms with E-state index in [1.54, 1.807) is 107 Å². The van der Waals surface area contributed by atoms with Crippen LogP contribution in [0.25, 0.3) is 17.3 Å². The van der Waals surface area contributed by atoms with E-state index in [1.165, 1.54) is 36.3 Å². The Bertz CT molecular complexity index is 2030. The van der Waals surface area contributed by atoms with Crippen molar-refractivity contribution >= 4 is 57.7 Å². The topological polar surface area (TPSA) is 137 Å². The maximum absolute atomic E-state index is 13.6. The van der Waals surface area contributed by atoms with Crippen molar-refractivity contribution in [1.82, 2.24) is 10.3 Å². The van der Waals surface area contributed by atoms with Crippen molar-refractivity contribution < 1.29 is 33.3 Å². The van der Waals surface area contributed by atoms with Crippen LogP contribution in [0.1, 0.15) is 22.8 Å². The Morgan fingerprint density at radius 3 is 2.20 bits per heavy atom. The monoisotopic (exact) mass is 724 g/mol. The Labute approximate surface area is 304 Å². The van der Waals surface area contributed by atoms with Gasteiger partial charge in [0.2, 0.25) is 5.91 Å². The van der Waals surface area contributed by atoms with E-state index in [9.17, 15) is 14.4 Å². The lowest BCUT2D eigenvalue weighted by Gasteiger charge is -2.14. The minimum Gasteiger partial charge on any atom is -0.497 e. The molecule has 3 amide bonds. The van der Waals surface area contributed by atoms with Crippen LogP contribution < -0.4 is 34.9 Å². The van der Waals surface area contributed by atoms with Crippen molar-refractivity contribution in [2.75, 3.05) is 39.1 Å². The summed E-state index contributed by atoms with van der Waals surface area (Å²) in [6.45, 7) is 1.80. The highest BCUT2D eigenvalue weighted by atomic mass is 32.2. The van der Waals surface area contributed by atoms with Crippen LogP contribution in [0.15, 0.2) is 107 Å². The number of aromatic nitrogens is 1. The molecule has 0 spiro atoms. The van der Waals surface area contributed by atoms with Gasteiger partial charge in [-0.15, -0.1) is 23.1 Å². The number of rotatable bonds is 14. The summed E-state index contributed by atoms with van der Waals surface area (Å²) in [6.07, 6.45) is 1.54. The van der Waals surface area contributed by atoms with Crippen molar-refractivity contribution in [3.05, 3.63) is 113 Å². The predicted octanol–water partition coefficient (Wildman–Crippen LogP) is 7.37. The highest BCUT2D eigenvalue weighted by Crippen LogP contribution is 2.34. The number of thioether (sulfide) groups is 1. The molecule has 1 aromatic heterocycles. The molecule has 0 saturated heterocycles. The molecule has 5 rings (SSSR count). The van der Waals surface area contributed by atoms with Gasteiger partial charge >= 0.3 is 0 Å².